The first-order valence-corrected chi connectivity index (χ1v) is 18.0. The predicted octanol–water partition coefficient (Wildman–Crippen LogP) is 8.65. The van der Waals surface area contributed by atoms with E-state index in [2.05, 4.69) is 38.8 Å². The zero-order chi connectivity index (χ0) is 36.4. The number of nitrogens with one attached hydrogen (secondary N) is 3. The van der Waals surface area contributed by atoms with E-state index in [-0.39, 0.29) is 37.0 Å². The Hall–Kier alpha value is -4.38. The van der Waals surface area contributed by atoms with Crippen molar-refractivity contribution in [3.05, 3.63) is 94.0 Å². The van der Waals surface area contributed by atoms with Crippen molar-refractivity contribution in [1.29, 1.82) is 0 Å². The lowest BCUT2D eigenvalue weighted by Crippen LogP contribution is -2.45. The number of anilines is 1. The second kappa shape index (κ2) is 21.0. The molecule has 3 aromatic carbocycles. The highest BCUT2D eigenvalue weighted by atomic mass is 79.9. The van der Waals surface area contributed by atoms with Crippen LogP contribution in [0, 0.1) is 0 Å². The van der Waals surface area contributed by atoms with Crippen molar-refractivity contribution < 1.29 is 33.4 Å². The summed E-state index contributed by atoms with van der Waals surface area (Å²) in [6.07, 6.45) is 5.59. The van der Waals surface area contributed by atoms with Crippen LogP contribution in [0.1, 0.15) is 89.3 Å². The lowest BCUT2D eigenvalue weighted by molar-refractivity contribution is -0.126. The first-order chi connectivity index (χ1) is 23.9. The highest BCUT2D eigenvalue weighted by molar-refractivity contribution is 9.10. The highest BCUT2D eigenvalue weighted by Crippen LogP contribution is 2.19. The van der Waals surface area contributed by atoms with Crippen LogP contribution in [0.15, 0.2) is 77.3 Å². The Balaban J connectivity index is 1.56. The number of unbranched alkanes of at least 4 members (excludes halogenated alkanes) is 4. The van der Waals surface area contributed by atoms with Crippen LogP contribution in [-0.2, 0) is 38.5 Å². The van der Waals surface area contributed by atoms with Gasteiger partial charge in [-0.1, -0.05) is 84.6 Å². The Kier molecular flexibility index (Phi) is 16.8. The zero-order valence-corrected chi connectivity index (χ0v) is 31.1. The van der Waals surface area contributed by atoms with Crippen LogP contribution in [0.3, 0.4) is 0 Å². The summed E-state index contributed by atoms with van der Waals surface area (Å²) in [6.45, 7) is 8.09. The minimum Gasteiger partial charge on any atom is -0.444 e. The van der Waals surface area contributed by atoms with E-state index in [4.69, 9.17) is 14.2 Å². The second-order valence-corrected chi connectivity index (χ2v) is 13.9. The predicted molar refractivity (Wildman–Crippen MR) is 198 cm³/mol. The number of alkyl carbamates (subject to hydrolysis) is 1. The average molecular weight is 753 g/mol. The Morgan fingerprint density at radius 2 is 1.52 bits per heavy atom. The van der Waals surface area contributed by atoms with Gasteiger partial charge in [0.15, 0.2) is 0 Å². The van der Waals surface area contributed by atoms with Crippen molar-refractivity contribution in [3.8, 4) is 5.75 Å². The first kappa shape index (κ1) is 40.1. The maximum absolute atomic E-state index is 13.5. The van der Waals surface area contributed by atoms with Crippen LogP contribution in [0.2, 0.25) is 0 Å². The molecule has 0 spiro atoms. The van der Waals surface area contributed by atoms with Gasteiger partial charge in [0.1, 0.15) is 24.0 Å². The molecule has 11 heteroatoms. The summed E-state index contributed by atoms with van der Waals surface area (Å²) in [5.41, 5.74) is 2.87. The van der Waals surface area contributed by atoms with Crippen molar-refractivity contribution in [2.24, 2.45) is 0 Å². The molecule has 0 bridgehead atoms. The van der Waals surface area contributed by atoms with Gasteiger partial charge in [-0.15, -0.1) is 0 Å². The van der Waals surface area contributed by atoms with Crippen LogP contribution in [0.4, 0.5) is 15.3 Å². The molecule has 0 radical (unpaired) electrons. The molecule has 3 amide bonds. The third-order valence-corrected chi connectivity index (χ3v) is 8.33. The summed E-state index contributed by atoms with van der Waals surface area (Å²) in [4.78, 5) is 50.6. The van der Waals surface area contributed by atoms with Gasteiger partial charge in [0.25, 0.3) is 0 Å². The summed E-state index contributed by atoms with van der Waals surface area (Å²) in [5, 5.41) is 8.57. The van der Waals surface area contributed by atoms with Crippen LogP contribution in [0.25, 0.3) is 0 Å². The molecule has 1 atom stereocenters. The highest BCUT2D eigenvalue weighted by Gasteiger charge is 2.22. The summed E-state index contributed by atoms with van der Waals surface area (Å²) in [7, 11) is 0. The van der Waals surface area contributed by atoms with Gasteiger partial charge in [-0.05, 0) is 87.9 Å². The largest absolute Gasteiger partial charge is 0.514 e. The molecule has 10 nitrogen and oxygen atoms in total. The number of amides is 3. The Bertz CT molecular complexity index is 1520. The quantitative estimate of drug-likeness (QED) is 0.0674. The monoisotopic (exact) mass is 751 g/mol. The van der Waals surface area contributed by atoms with Crippen molar-refractivity contribution in [1.82, 2.24) is 10.6 Å². The summed E-state index contributed by atoms with van der Waals surface area (Å²) in [6, 6.07) is 21.1. The second-order valence-electron chi connectivity index (χ2n) is 13.1. The molecule has 50 heavy (non-hydrogen) atoms. The van der Waals surface area contributed by atoms with E-state index in [1.807, 2.05) is 48.5 Å². The van der Waals surface area contributed by atoms with Crippen LogP contribution >= 0.6 is 15.9 Å². The smallest absolute Gasteiger partial charge is 0.444 e. The van der Waals surface area contributed by atoms with Gasteiger partial charge in [0.2, 0.25) is 11.8 Å². The molecule has 0 unspecified atom stereocenters. The fourth-order valence-corrected chi connectivity index (χ4v) is 5.34. The SMILES string of the molecule is CCCCCc1ccc(NC(=O)[C@H](Cc2ccc(OC(=O)OCc3ccccc3Br)cc2)NC(=O)CCCCCNC(=O)OC(C)(C)C)cc1. The van der Waals surface area contributed by atoms with E-state index in [0.717, 1.165) is 41.3 Å². The fraction of sp³-hybridized carbons (Fsp3) is 0.436. The van der Waals surface area contributed by atoms with Crippen molar-refractivity contribution in [3.63, 3.8) is 0 Å². The number of aryl methyl sites for hydroxylation is 1. The normalized spacial score (nSPS) is 11.6. The first-order valence-electron chi connectivity index (χ1n) is 17.2. The van der Waals surface area contributed by atoms with E-state index in [1.54, 1.807) is 45.0 Å². The van der Waals surface area contributed by atoms with E-state index in [0.29, 0.717) is 25.1 Å². The van der Waals surface area contributed by atoms with Gasteiger partial charge in [-0.3, -0.25) is 9.59 Å². The average Bonchev–Trinajstić information content (AvgIpc) is 3.06. The number of hydrogen-bond donors (Lipinski definition) is 3. The molecular weight excluding hydrogens is 702 g/mol. The minimum absolute atomic E-state index is 0.0549. The maximum atomic E-state index is 13.5. The molecule has 0 saturated carbocycles. The number of benzene rings is 3. The molecule has 0 fully saturated rings. The Morgan fingerprint density at radius 1 is 0.820 bits per heavy atom. The summed E-state index contributed by atoms with van der Waals surface area (Å²) >= 11 is 3.43. The third-order valence-electron chi connectivity index (χ3n) is 7.56. The lowest BCUT2D eigenvalue weighted by Gasteiger charge is -2.20. The van der Waals surface area contributed by atoms with Gasteiger partial charge in [0.05, 0.1) is 0 Å². The number of hydrogen-bond acceptors (Lipinski definition) is 7. The molecule has 0 saturated heterocycles. The van der Waals surface area contributed by atoms with E-state index in [9.17, 15) is 19.2 Å². The number of halogens is 1. The van der Waals surface area contributed by atoms with E-state index in [1.165, 1.54) is 12.0 Å². The number of rotatable bonds is 18. The van der Waals surface area contributed by atoms with Crippen LogP contribution in [-0.4, -0.2) is 42.3 Å². The van der Waals surface area contributed by atoms with Gasteiger partial charge in [-0.2, -0.15) is 0 Å². The molecular formula is C39H50BrN3O7. The summed E-state index contributed by atoms with van der Waals surface area (Å²) in [5.74, 6) is -0.296. The van der Waals surface area contributed by atoms with E-state index < -0.39 is 23.9 Å². The Labute approximate surface area is 304 Å². The molecule has 0 aromatic heterocycles. The summed E-state index contributed by atoms with van der Waals surface area (Å²) < 4.78 is 16.6. The van der Waals surface area contributed by atoms with Crippen LogP contribution < -0.4 is 20.7 Å². The van der Waals surface area contributed by atoms with Crippen molar-refractivity contribution in [2.75, 3.05) is 11.9 Å². The molecule has 0 aliphatic heterocycles. The zero-order valence-electron chi connectivity index (χ0n) is 29.5. The standard InChI is InChI=1S/C39H50BrN3O7/c1-5-6-8-13-28-17-21-31(22-18-28)42-36(45)34(43-35(44)16-9-7-12-25-41-37(46)50-39(2,3)4)26-29-19-23-32(24-20-29)49-38(47)48-27-30-14-10-11-15-33(30)40/h10-11,14-15,17-24,34H,5-9,12-13,16,25-27H2,1-4H3,(H,41,46)(H,42,45)(H,43,44)/t34-/m0/s1. The number of carbonyl (C=O) groups is 4. The van der Waals surface area contributed by atoms with Crippen molar-refractivity contribution in [2.45, 2.75) is 104 Å². The molecule has 3 rings (SSSR count). The van der Waals surface area contributed by atoms with Gasteiger partial charge in [-0.25, -0.2) is 9.59 Å². The lowest BCUT2D eigenvalue weighted by atomic mass is 10.0. The number of ether oxygens (including phenoxy) is 3. The topological polar surface area (TPSA) is 132 Å². The molecule has 3 N–H and O–H groups in total. The van der Waals surface area contributed by atoms with Crippen molar-refractivity contribution >= 4 is 45.7 Å². The van der Waals surface area contributed by atoms with Gasteiger partial charge >= 0.3 is 12.2 Å². The molecule has 3 aromatic rings. The van der Waals surface area contributed by atoms with Gasteiger partial charge in [0, 0.05) is 35.1 Å². The third kappa shape index (κ3) is 15.9. The molecule has 0 aliphatic carbocycles. The molecule has 270 valence electrons. The van der Waals surface area contributed by atoms with Gasteiger partial charge < -0.3 is 30.2 Å². The minimum atomic E-state index is -0.846. The molecule has 0 aliphatic rings. The molecule has 0 heterocycles. The number of carbonyl (C=O) groups excluding carboxylic acids is 4. The van der Waals surface area contributed by atoms with E-state index >= 15 is 0 Å². The maximum Gasteiger partial charge on any atom is 0.514 e. The van der Waals surface area contributed by atoms with Crippen LogP contribution in [0.5, 0.6) is 5.75 Å². The fourth-order valence-electron chi connectivity index (χ4n) is 4.94. The Morgan fingerprint density at radius 3 is 2.20 bits per heavy atom.